The summed E-state index contributed by atoms with van der Waals surface area (Å²) >= 11 is 1.77. The minimum absolute atomic E-state index is 0. The molecule has 1 unspecified atom stereocenters. The molecule has 0 saturated carbocycles. The van der Waals surface area contributed by atoms with Crippen LogP contribution in [-0.4, -0.2) is 30.8 Å². The van der Waals surface area contributed by atoms with Crippen LogP contribution < -0.4 is 10.6 Å². The van der Waals surface area contributed by atoms with Crippen LogP contribution in [0.25, 0.3) is 0 Å². The number of hydrogen-bond donors (Lipinski definition) is 3. The van der Waals surface area contributed by atoms with E-state index in [9.17, 15) is 0 Å². The molecule has 0 spiro atoms. The van der Waals surface area contributed by atoms with Gasteiger partial charge < -0.3 is 15.7 Å². The fraction of sp³-hybridized carbons (Fsp3) is 0.615. The van der Waals surface area contributed by atoms with E-state index in [1.54, 1.807) is 11.3 Å². The number of aryl methyl sites for hydroxylation is 1. The quantitative estimate of drug-likeness (QED) is 0.393. The predicted octanol–water partition coefficient (Wildman–Crippen LogP) is 2.36. The lowest BCUT2D eigenvalue weighted by Gasteiger charge is -2.13. The van der Waals surface area contributed by atoms with Crippen LogP contribution in [-0.2, 0) is 6.54 Å². The molecule has 1 heterocycles. The summed E-state index contributed by atoms with van der Waals surface area (Å²) in [5, 5.41) is 15.4. The Morgan fingerprint density at radius 2 is 2.16 bits per heavy atom. The zero-order valence-electron chi connectivity index (χ0n) is 11.8. The molecule has 6 heteroatoms. The van der Waals surface area contributed by atoms with Crippen LogP contribution in [0.1, 0.15) is 23.6 Å². The SMILES string of the molecule is CCNC(=NCc1ccc(C)s1)NCC(C)CO.I. The molecule has 1 rings (SSSR count). The highest BCUT2D eigenvalue weighted by atomic mass is 127. The highest BCUT2D eigenvalue weighted by molar-refractivity contribution is 14.0. The number of thiophene rings is 1. The Kier molecular flexibility index (Phi) is 10.3. The molecule has 0 aliphatic heterocycles. The lowest BCUT2D eigenvalue weighted by Crippen LogP contribution is -2.39. The molecule has 0 fully saturated rings. The van der Waals surface area contributed by atoms with Gasteiger partial charge in [0.2, 0.25) is 0 Å². The third-order valence-corrected chi connectivity index (χ3v) is 3.45. The lowest BCUT2D eigenvalue weighted by molar-refractivity contribution is 0.238. The Labute approximate surface area is 136 Å². The molecule has 4 nitrogen and oxygen atoms in total. The minimum atomic E-state index is 0. The molecule has 0 aliphatic rings. The van der Waals surface area contributed by atoms with Gasteiger partial charge in [-0.25, -0.2) is 4.99 Å². The zero-order valence-corrected chi connectivity index (χ0v) is 14.9. The molecule has 0 radical (unpaired) electrons. The summed E-state index contributed by atoms with van der Waals surface area (Å²) < 4.78 is 0. The van der Waals surface area contributed by atoms with Crippen LogP contribution in [0.3, 0.4) is 0 Å². The van der Waals surface area contributed by atoms with Gasteiger partial charge in [0.1, 0.15) is 0 Å². The van der Waals surface area contributed by atoms with Crippen LogP contribution in [0.4, 0.5) is 0 Å². The highest BCUT2D eigenvalue weighted by Gasteiger charge is 2.02. The van der Waals surface area contributed by atoms with Crippen molar-refractivity contribution in [1.29, 1.82) is 0 Å². The molecule has 1 aromatic rings. The molecule has 19 heavy (non-hydrogen) atoms. The molecular weight excluding hydrogens is 373 g/mol. The van der Waals surface area contributed by atoms with E-state index in [0.29, 0.717) is 6.54 Å². The summed E-state index contributed by atoms with van der Waals surface area (Å²) in [4.78, 5) is 7.10. The number of guanidine groups is 1. The monoisotopic (exact) mass is 397 g/mol. The molecule has 0 aliphatic carbocycles. The van der Waals surface area contributed by atoms with Crippen molar-refractivity contribution in [2.24, 2.45) is 10.9 Å². The Hall–Kier alpha value is -0.340. The maximum absolute atomic E-state index is 8.99. The molecule has 110 valence electrons. The summed E-state index contributed by atoms with van der Waals surface area (Å²) in [6, 6.07) is 4.23. The van der Waals surface area contributed by atoms with Crippen molar-refractivity contribution in [3.63, 3.8) is 0 Å². The van der Waals surface area contributed by atoms with Gasteiger partial charge in [-0.15, -0.1) is 35.3 Å². The first-order chi connectivity index (χ1) is 8.65. The van der Waals surface area contributed by atoms with Crippen molar-refractivity contribution < 1.29 is 5.11 Å². The van der Waals surface area contributed by atoms with Gasteiger partial charge in [-0.05, 0) is 31.9 Å². The van der Waals surface area contributed by atoms with Gasteiger partial charge in [0.25, 0.3) is 0 Å². The largest absolute Gasteiger partial charge is 0.396 e. The van der Waals surface area contributed by atoms with Crippen LogP contribution in [0.5, 0.6) is 0 Å². The van der Waals surface area contributed by atoms with Crippen molar-refractivity contribution >= 4 is 41.3 Å². The Balaban J connectivity index is 0.00000324. The Bertz CT molecular complexity index is 382. The van der Waals surface area contributed by atoms with Crippen LogP contribution >= 0.6 is 35.3 Å². The smallest absolute Gasteiger partial charge is 0.191 e. The molecule has 3 N–H and O–H groups in total. The standard InChI is InChI=1S/C13H23N3OS.HI/c1-4-14-13(15-7-10(2)9-17)16-8-12-6-5-11(3)18-12;/h5-6,10,17H,4,7-9H2,1-3H3,(H2,14,15,16);1H. The van der Waals surface area contributed by atoms with Gasteiger partial charge in [0.05, 0.1) is 6.54 Å². The summed E-state index contributed by atoms with van der Waals surface area (Å²) in [7, 11) is 0. The van der Waals surface area contributed by atoms with Gasteiger partial charge >= 0.3 is 0 Å². The maximum atomic E-state index is 8.99. The van der Waals surface area contributed by atoms with Crippen molar-refractivity contribution in [2.75, 3.05) is 19.7 Å². The van der Waals surface area contributed by atoms with E-state index >= 15 is 0 Å². The number of hydrogen-bond acceptors (Lipinski definition) is 3. The topological polar surface area (TPSA) is 56.7 Å². The van der Waals surface area contributed by atoms with E-state index in [-0.39, 0.29) is 36.5 Å². The number of rotatable bonds is 6. The number of aliphatic hydroxyl groups excluding tert-OH is 1. The Morgan fingerprint density at radius 1 is 1.42 bits per heavy atom. The number of aliphatic hydroxyl groups is 1. The fourth-order valence-electron chi connectivity index (χ4n) is 1.40. The third-order valence-electron chi connectivity index (χ3n) is 2.46. The maximum Gasteiger partial charge on any atom is 0.191 e. The average molecular weight is 397 g/mol. The lowest BCUT2D eigenvalue weighted by atomic mass is 10.2. The van der Waals surface area contributed by atoms with Crippen LogP contribution in [0.2, 0.25) is 0 Å². The zero-order chi connectivity index (χ0) is 13.4. The second kappa shape index (κ2) is 10.4. The molecular formula is C13H24IN3OS. The second-order valence-corrected chi connectivity index (χ2v) is 5.75. The van der Waals surface area contributed by atoms with Crippen molar-refractivity contribution in [3.05, 3.63) is 21.9 Å². The highest BCUT2D eigenvalue weighted by Crippen LogP contribution is 2.15. The summed E-state index contributed by atoms with van der Waals surface area (Å²) in [6.45, 7) is 8.60. The van der Waals surface area contributed by atoms with E-state index in [1.165, 1.54) is 9.75 Å². The van der Waals surface area contributed by atoms with Gasteiger partial charge in [-0.3, -0.25) is 0 Å². The predicted molar refractivity (Wildman–Crippen MR) is 93.5 cm³/mol. The normalized spacial score (nSPS) is 12.7. The van der Waals surface area contributed by atoms with Crippen LogP contribution in [0.15, 0.2) is 17.1 Å². The summed E-state index contributed by atoms with van der Waals surface area (Å²) in [5.41, 5.74) is 0. The molecule has 1 aromatic heterocycles. The number of nitrogens with one attached hydrogen (secondary N) is 2. The van der Waals surface area contributed by atoms with E-state index in [2.05, 4.69) is 34.7 Å². The van der Waals surface area contributed by atoms with Crippen LogP contribution in [0, 0.1) is 12.8 Å². The third kappa shape index (κ3) is 7.74. The van der Waals surface area contributed by atoms with Gasteiger partial charge in [0.15, 0.2) is 5.96 Å². The molecule has 0 bridgehead atoms. The number of halogens is 1. The Morgan fingerprint density at radius 3 is 2.68 bits per heavy atom. The fourth-order valence-corrected chi connectivity index (χ4v) is 2.22. The second-order valence-electron chi connectivity index (χ2n) is 4.38. The number of nitrogens with zero attached hydrogens (tertiary/aromatic N) is 1. The van der Waals surface area contributed by atoms with Gasteiger partial charge in [-0.2, -0.15) is 0 Å². The van der Waals surface area contributed by atoms with E-state index in [4.69, 9.17) is 5.11 Å². The van der Waals surface area contributed by atoms with E-state index in [1.807, 2.05) is 13.8 Å². The summed E-state index contributed by atoms with van der Waals surface area (Å²) in [6.07, 6.45) is 0. The van der Waals surface area contributed by atoms with Crippen molar-refractivity contribution in [3.8, 4) is 0 Å². The molecule has 1 atom stereocenters. The first-order valence-electron chi connectivity index (χ1n) is 6.34. The molecule has 0 aromatic carbocycles. The van der Waals surface area contributed by atoms with Gasteiger partial charge in [0, 0.05) is 29.5 Å². The first-order valence-corrected chi connectivity index (χ1v) is 7.15. The first kappa shape index (κ1) is 18.7. The number of aliphatic imine (C=N–C) groups is 1. The van der Waals surface area contributed by atoms with Crippen molar-refractivity contribution in [2.45, 2.75) is 27.3 Å². The van der Waals surface area contributed by atoms with Gasteiger partial charge in [-0.1, -0.05) is 6.92 Å². The minimum Gasteiger partial charge on any atom is -0.396 e. The summed E-state index contributed by atoms with van der Waals surface area (Å²) in [5.74, 6) is 1.04. The molecule has 0 amide bonds. The van der Waals surface area contributed by atoms with E-state index < -0.39 is 0 Å². The van der Waals surface area contributed by atoms with E-state index in [0.717, 1.165) is 19.0 Å². The van der Waals surface area contributed by atoms with Crippen molar-refractivity contribution in [1.82, 2.24) is 10.6 Å². The molecule has 0 saturated heterocycles. The average Bonchev–Trinajstić information content (AvgIpc) is 2.78.